The van der Waals surface area contributed by atoms with E-state index in [1.54, 1.807) is 12.1 Å². The highest BCUT2D eigenvalue weighted by Crippen LogP contribution is 2.22. The van der Waals surface area contributed by atoms with Gasteiger partial charge in [0.1, 0.15) is 0 Å². The maximum absolute atomic E-state index is 11.8. The van der Waals surface area contributed by atoms with Crippen LogP contribution in [0.4, 0.5) is 11.4 Å². The summed E-state index contributed by atoms with van der Waals surface area (Å²) < 4.78 is 4.85. The predicted octanol–water partition coefficient (Wildman–Crippen LogP) is 3.08. The number of hydrogen-bond donors (Lipinski definition) is 2. The van der Waals surface area contributed by atoms with Crippen LogP contribution in [0.2, 0.25) is 5.22 Å². The normalized spacial score (nSPS) is 10.2. The highest BCUT2D eigenvalue weighted by atomic mass is 35.5. The zero-order valence-electron chi connectivity index (χ0n) is 9.16. The topological polar surface area (TPSA) is 68.3 Å². The second kappa shape index (κ2) is 4.51. The van der Waals surface area contributed by atoms with Crippen molar-refractivity contribution in [2.75, 3.05) is 11.1 Å². The lowest BCUT2D eigenvalue weighted by molar-refractivity contribution is 0.102. The quantitative estimate of drug-likeness (QED) is 0.805. The number of aryl methyl sites for hydroxylation is 1. The minimum absolute atomic E-state index is 0.0636. The van der Waals surface area contributed by atoms with E-state index in [0.29, 0.717) is 11.4 Å². The number of amides is 1. The molecule has 0 saturated heterocycles. The van der Waals surface area contributed by atoms with Gasteiger partial charge in [-0.3, -0.25) is 4.79 Å². The molecule has 17 heavy (non-hydrogen) atoms. The molecule has 1 heterocycles. The van der Waals surface area contributed by atoms with Crippen molar-refractivity contribution in [1.29, 1.82) is 0 Å². The maximum atomic E-state index is 11.8. The van der Waals surface area contributed by atoms with Gasteiger partial charge in [-0.15, -0.1) is 0 Å². The Morgan fingerprint density at radius 2 is 2.18 bits per heavy atom. The van der Waals surface area contributed by atoms with Crippen LogP contribution in [-0.2, 0) is 0 Å². The molecule has 0 aliphatic rings. The lowest BCUT2D eigenvalue weighted by Crippen LogP contribution is -2.12. The van der Waals surface area contributed by atoms with E-state index < -0.39 is 0 Å². The van der Waals surface area contributed by atoms with Crippen LogP contribution in [0.25, 0.3) is 0 Å². The monoisotopic (exact) mass is 250 g/mol. The Morgan fingerprint density at radius 3 is 2.82 bits per heavy atom. The van der Waals surface area contributed by atoms with Gasteiger partial charge in [-0.25, -0.2) is 0 Å². The van der Waals surface area contributed by atoms with Gasteiger partial charge < -0.3 is 15.5 Å². The fourth-order valence-corrected chi connectivity index (χ4v) is 1.62. The first-order chi connectivity index (χ1) is 8.08. The summed E-state index contributed by atoms with van der Waals surface area (Å²) in [6.45, 7) is 1.92. The number of nitrogen functional groups attached to an aromatic ring is 1. The van der Waals surface area contributed by atoms with E-state index in [4.69, 9.17) is 21.8 Å². The van der Waals surface area contributed by atoms with E-state index in [0.717, 1.165) is 5.56 Å². The highest BCUT2D eigenvalue weighted by Gasteiger charge is 2.14. The molecule has 0 spiro atoms. The number of halogens is 1. The van der Waals surface area contributed by atoms with Crippen molar-refractivity contribution < 1.29 is 9.21 Å². The Labute approximate surface area is 103 Å². The van der Waals surface area contributed by atoms with Crippen molar-refractivity contribution in [3.8, 4) is 0 Å². The molecule has 5 heteroatoms. The largest absolute Gasteiger partial charge is 0.452 e. The van der Waals surface area contributed by atoms with Gasteiger partial charge in [-0.2, -0.15) is 0 Å². The summed E-state index contributed by atoms with van der Waals surface area (Å²) >= 11 is 5.71. The highest BCUT2D eigenvalue weighted by molar-refractivity contribution is 6.32. The Kier molecular flexibility index (Phi) is 3.06. The van der Waals surface area contributed by atoms with E-state index in [1.165, 1.54) is 12.3 Å². The Hall–Kier alpha value is -1.94. The fourth-order valence-electron chi connectivity index (χ4n) is 1.42. The molecule has 0 fully saturated rings. The standard InChI is InChI=1S/C12H11ClN2O2/c1-7-2-3-9(14)10(6-7)15-12(16)8-4-5-17-11(8)13/h2-6H,14H2,1H3,(H,15,16). The van der Waals surface area contributed by atoms with Crippen LogP contribution in [0.3, 0.4) is 0 Å². The van der Waals surface area contributed by atoms with Crippen molar-refractivity contribution in [2.45, 2.75) is 6.92 Å². The van der Waals surface area contributed by atoms with Gasteiger partial charge >= 0.3 is 0 Å². The molecule has 3 N–H and O–H groups in total. The number of carbonyl (C=O) groups is 1. The van der Waals surface area contributed by atoms with E-state index in [1.807, 2.05) is 13.0 Å². The van der Waals surface area contributed by atoms with Crippen molar-refractivity contribution in [3.63, 3.8) is 0 Å². The zero-order valence-corrected chi connectivity index (χ0v) is 9.91. The molecule has 1 amide bonds. The number of nitrogens with one attached hydrogen (secondary N) is 1. The molecule has 0 saturated carbocycles. The van der Waals surface area contributed by atoms with Gasteiger partial charge in [0.15, 0.2) is 0 Å². The summed E-state index contributed by atoms with van der Waals surface area (Å²) in [6, 6.07) is 6.91. The van der Waals surface area contributed by atoms with Crippen molar-refractivity contribution >= 4 is 28.9 Å². The minimum Gasteiger partial charge on any atom is -0.452 e. The second-order valence-corrected chi connectivity index (χ2v) is 4.00. The van der Waals surface area contributed by atoms with Crippen molar-refractivity contribution in [2.24, 2.45) is 0 Å². The third-order valence-corrected chi connectivity index (χ3v) is 2.61. The first-order valence-electron chi connectivity index (χ1n) is 4.98. The third-order valence-electron chi connectivity index (χ3n) is 2.32. The number of furan rings is 1. The van der Waals surface area contributed by atoms with Crippen LogP contribution in [0, 0.1) is 6.92 Å². The smallest absolute Gasteiger partial charge is 0.260 e. The summed E-state index contributed by atoms with van der Waals surface area (Å²) in [6.07, 6.45) is 1.36. The van der Waals surface area contributed by atoms with Gasteiger partial charge in [-0.1, -0.05) is 6.07 Å². The first kappa shape index (κ1) is 11.5. The average molecular weight is 251 g/mol. The molecule has 0 bridgehead atoms. The van der Waals surface area contributed by atoms with Gasteiger partial charge in [0.2, 0.25) is 5.22 Å². The van der Waals surface area contributed by atoms with Crippen LogP contribution in [0.15, 0.2) is 34.9 Å². The van der Waals surface area contributed by atoms with Crippen molar-refractivity contribution in [1.82, 2.24) is 0 Å². The molecule has 1 aromatic heterocycles. The summed E-state index contributed by atoms with van der Waals surface area (Å²) in [5.74, 6) is -0.346. The molecule has 0 aliphatic heterocycles. The fraction of sp³-hybridized carbons (Fsp3) is 0.0833. The number of nitrogens with two attached hydrogens (primary N) is 1. The van der Waals surface area contributed by atoms with Gasteiger partial charge in [0.25, 0.3) is 5.91 Å². The van der Waals surface area contributed by atoms with Crippen molar-refractivity contribution in [3.05, 3.63) is 46.9 Å². The lowest BCUT2D eigenvalue weighted by Gasteiger charge is -2.08. The van der Waals surface area contributed by atoms with Crippen LogP contribution in [-0.4, -0.2) is 5.91 Å². The molecule has 1 aromatic carbocycles. The van der Waals surface area contributed by atoms with Crippen LogP contribution in [0.5, 0.6) is 0 Å². The summed E-state index contributed by atoms with van der Waals surface area (Å²) in [4.78, 5) is 11.8. The number of carbonyl (C=O) groups excluding carboxylic acids is 1. The zero-order chi connectivity index (χ0) is 12.4. The first-order valence-corrected chi connectivity index (χ1v) is 5.36. The van der Waals surface area contributed by atoms with Gasteiger partial charge in [0, 0.05) is 0 Å². The molecule has 2 aromatic rings. The molecular weight excluding hydrogens is 240 g/mol. The van der Waals surface area contributed by atoms with Gasteiger partial charge in [0.05, 0.1) is 23.2 Å². The van der Waals surface area contributed by atoms with Crippen LogP contribution < -0.4 is 11.1 Å². The lowest BCUT2D eigenvalue weighted by atomic mass is 10.2. The van der Waals surface area contributed by atoms with Gasteiger partial charge in [-0.05, 0) is 42.3 Å². The van der Waals surface area contributed by atoms with Crippen LogP contribution in [0.1, 0.15) is 15.9 Å². The molecule has 0 aliphatic carbocycles. The van der Waals surface area contributed by atoms with Crippen LogP contribution >= 0.6 is 11.6 Å². The number of hydrogen-bond acceptors (Lipinski definition) is 3. The minimum atomic E-state index is -0.346. The van der Waals surface area contributed by atoms with E-state index in [-0.39, 0.29) is 16.7 Å². The van der Waals surface area contributed by atoms with E-state index >= 15 is 0 Å². The average Bonchev–Trinajstić information content (AvgIpc) is 2.70. The van der Waals surface area contributed by atoms with E-state index in [2.05, 4.69) is 5.32 Å². The molecule has 88 valence electrons. The summed E-state index contributed by atoms with van der Waals surface area (Å²) in [5.41, 5.74) is 8.12. The second-order valence-electron chi connectivity index (χ2n) is 3.65. The SMILES string of the molecule is Cc1ccc(N)c(NC(=O)c2ccoc2Cl)c1. The molecular formula is C12H11ClN2O2. The number of benzene rings is 1. The Bertz CT molecular complexity index is 563. The molecule has 0 radical (unpaired) electrons. The third kappa shape index (κ3) is 2.42. The summed E-state index contributed by atoms with van der Waals surface area (Å²) in [7, 11) is 0. The molecule has 0 atom stereocenters. The molecule has 4 nitrogen and oxygen atoms in total. The maximum Gasteiger partial charge on any atom is 0.260 e. The summed E-state index contributed by atoms with van der Waals surface area (Å²) in [5, 5.41) is 2.75. The van der Waals surface area contributed by atoms with E-state index in [9.17, 15) is 4.79 Å². The number of anilines is 2. The molecule has 2 rings (SSSR count). The number of rotatable bonds is 2. The Balaban J connectivity index is 2.24. The molecule has 0 unspecified atom stereocenters. The predicted molar refractivity (Wildman–Crippen MR) is 67.3 cm³/mol. The Morgan fingerprint density at radius 1 is 1.41 bits per heavy atom.